The van der Waals surface area contributed by atoms with E-state index in [0.29, 0.717) is 6.42 Å². The molecule has 3 aliphatic rings. The maximum Gasteiger partial charge on any atom is 0.187 e. The first kappa shape index (κ1) is 30.9. The highest BCUT2D eigenvalue weighted by atomic mass is 16.8. The van der Waals surface area contributed by atoms with Crippen LogP contribution in [0.2, 0.25) is 0 Å². The molecule has 37 heavy (non-hydrogen) atoms. The molecule has 0 aromatic heterocycles. The normalized spacial score (nSPS) is 49.2. The van der Waals surface area contributed by atoms with Crippen LogP contribution in [-0.4, -0.2) is 164 Å². The van der Waals surface area contributed by atoms with Gasteiger partial charge in [-0.15, -0.1) is 0 Å². The van der Waals surface area contributed by atoms with Crippen molar-refractivity contribution in [1.82, 2.24) is 0 Å². The van der Waals surface area contributed by atoms with Crippen LogP contribution in [0.4, 0.5) is 0 Å². The molecule has 11 N–H and O–H groups in total. The zero-order chi connectivity index (χ0) is 27.4. The van der Waals surface area contributed by atoms with Crippen molar-refractivity contribution in [2.24, 2.45) is 5.73 Å². The molecule has 3 rings (SSSR count). The zero-order valence-electron chi connectivity index (χ0n) is 20.2. The summed E-state index contributed by atoms with van der Waals surface area (Å²) in [6.45, 7) is 0.325. The summed E-state index contributed by atoms with van der Waals surface area (Å²) in [5.41, 5.74) is 5.51. The minimum atomic E-state index is -1.83. The maximum atomic E-state index is 10.9. The molecule has 0 spiro atoms. The number of rotatable bonds is 10. The standard InChI is InChI=1S/C21H39NO15/c1-7-10(25)13(28)15(30)19(33-7)37-18-17(12(27)9(6-24)35-21(18)32-4-2-3-22)36-20-16(31)14(29)11(26)8(5-23)34-20/h7-21,23-31H,2-6,22H2,1H3/t7?,8?,9?,10-,11+,12+,13?,14?,15+,16+,17?,18+,19+,20-,21-/m1/s1. The Morgan fingerprint density at radius 2 is 1.14 bits per heavy atom. The van der Waals surface area contributed by atoms with Gasteiger partial charge in [-0.2, -0.15) is 0 Å². The Balaban J connectivity index is 1.89. The van der Waals surface area contributed by atoms with Crippen LogP contribution in [0.3, 0.4) is 0 Å². The number of hydrogen-bond donors (Lipinski definition) is 10. The van der Waals surface area contributed by atoms with Crippen molar-refractivity contribution in [3.05, 3.63) is 0 Å². The summed E-state index contributed by atoms with van der Waals surface area (Å²) in [5.74, 6) is 0. The van der Waals surface area contributed by atoms with E-state index in [1.54, 1.807) is 0 Å². The monoisotopic (exact) mass is 545 g/mol. The molecule has 0 aromatic carbocycles. The smallest absolute Gasteiger partial charge is 0.187 e. The Bertz CT molecular complexity index is 690. The first-order valence-electron chi connectivity index (χ1n) is 12.1. The molecule has 3 aliphatic heterocycles. The van der Waals surface area contributed by atoms with E-state index in [4.69, 9.17) is 34.2 Å². The minimum absolute atomic E-state index is 0.0495. The molecule has 16 heteroatoms. The van der Waals surface area contributed by atoms with Crippen molar-refractivity contribution in [2.45, 2.75) is 105 Å². The number of nitrogens with two attached hydrogens (primary N) is 1. The number of aliphatic hydroxyl groups excluding tert-OH is 9. The molecule has 6 unspecified atom stereocenters. The van der Waals surface area contributed by atoms with Crippen LogP contribution in [0.15, 0.2) is 0 Å². The fraction of sp³-hybridized carbons (Fsp3) is 1.00. The lowest BCUT2D eigenvalue weighted by molar-refractivity contribution is -0.390. The Kier molecular flexibility index (Phi) is 11.4. The van der Waals surface area contributed by atoms with E-state index in [1.807, 2.05) is 0 Å². The van der Waals surface area contributed by atoms with Crippen LogP contribution in [0, 0.1) is 0 Å². The Morgan fingerprint density at radius 1 is 0.622 bits per heavy atom. The fourth-order valence-corrected chi connectivity index (χ4v) is 4.37. The van der Waals surface area contributed by atoms with E-state index in [9.17, 15) is 46.0 Å². The number of ether oxygens (including phenoxy) is 6. The van der Waals surface area contributed by atoms with E-state index in [1.165, 1.54) is 6.92 Å². The average molecular weight is 546 g/mol. The minimum Gasteiger partial charge on any atom is -0.394 e. The van der Waals surface area contributed by atoms with Crippen molar-refractivity contribution in [1.29, 1.82) is 0 Å². The van der Waals surface area contributed by atoms with E-state index < -0.39 is 105 Å². The molecule has 0 aliphatic carbocycles. The van der Waals surface area contributed by atoms with Gasteiger partial charge < -0.3 is 80.1 Å². The lowest BCUT2D eigenvalue weighted by Crippen LogP contribution is -2.67. The van der Waals surface area contributed by atoms with Gasteiger partial charge in [0.05, 0.1) is 25.9 Å². The van der Waals surface area contributed by atoms with Gasteiger partial charge in [0.1, 0.15) is 67.1 Å². The van der Waals surface area contributed by atoms with Crippen LogP contribution < -0.4 is 5.73 Å². The third-order valence-corrected chi connectivity index (χ3v) is 6.67. The first-order valence-corrected chi connectivity index (χ1v) is 12.1. The topological polar surface area (TPSA) is 263 Å². The second kappa shape index (κ2) is 13.6. The molecule has 0 bridgehead atoms. The van der Waals surface area contributed by atoms with Gasteiger partial charge in [-0.25, -0.2) is 0 Å². The third-order valence-electron chi connectivity index (χ3n) is 6.67. The van der Waals surface area contributed by atoms with E-state index in [-0.39, 0.29) is 13.2 Å². The van der Waals surface area contributed by atoms with E-state index >= 15 is 0 Å². The Labute approximate surface area is 212 Å². The van der Waals surface area contributed by atoms with Crippen LogP contribution >= 0.6 is 0 Å². The van der Waals surface area contributed by atoms with Gasteiger partial charge in [0.25, 0.3) is 0 Å². The van der Waals surface area contributed by atoms with E-state index in [0.717, 1.165) is 0 Å². The molecule has 3 fully saturated rings. The SMILES string of the molecule is CC1O[C@@H](O[C@H]2C(O[C@H]3OC(CO)[C@H](O)C(O)[C@@H]3O)[C@@H](O)C(CO)O[C@H]2OCCCN)[C@@H](O)C(O)[C@@H]1O. The zero-order valence-corrected chi connectivity index (χ0v) is 20.2. The molecule has 0 radical (unpaired) electrons. The largest absolute Gasteiger partial charge is 0.394 e. The van der Waals surface area contributed by atoms with Crippen molar-refractivity contribution in [3.8, 4) is 0 Å². The predicted octanol–water partition coefficient (Wildman–Crippen LogP) is -6.17. The first-order chi connectivity index (χ1) is 17.5. The fourth-order valence-electron chi connectivity index (χ4n) is 4.37. The molecule has 218 valence electrons. The molecular weight excluding hydrogens is 506 g/mol. The lowest BCUT2D eigenvalue weighted by atomic mass is 9.96. The quantitative estimate of drug-likeness (QED) is 0.114. The Hall–Kier alpha value is -0.640. The van der Waals surface area contributed by atoms with Gasteiger partial charge in [0.2, 0.25) is 0 Å². The predicted molar refractivity (Wildman–Crippen MR) is 117 cm³/mol. The molecule has 0 amide bonds. The second-order valence-corrected chi connectivity index (χ2v) is 9.31. The highest BCUT2D eigenvalue weighted by molar-refractivity contribution is 4.96. The van der Waals surface area contributed by atoms with Crippen LogP contribution in [0.1, 0.15) is 13.3 Å². The maximum absolute atomic E-state index is 10.9. The third kappa shape index (κ3) is 6.75. The van der Waals surface area contributed by atoms with Crippen LogP contribution in [0.25, 0.3) is 0 Å². The van der Waals surface area contributed by atoms with Gasteiger partial charge >= 0.3 is 0 Å². The van der Waals surface area contributed by atoms with Gasteiger partial charge in [0.15, 0.2) is 18.9 Å². The molecule has 3 saturated heterocycles. The number of hydrogen-bond acceptors (Lipinski definition) is 16. The summed E-state index contributed by atoms with van der Waals surface area (Å²) < 4.78 is 33.8. The summed E-state index contributed by atoms with van der Waals surface area (Å²) in [5, 5.41) is 91.4. The van der Waals surface area contributed by atoms with Crippen molar-refractivity contribution < 1.29 is 74.4 Å². The summed E-state index contributed by atoms with van der Waals surface area (Å²) in [6.07, 6.45) is -22.5. The Morgan fingerprint density at radius 3 is 1.73 bits per heavy atom. The van der Waals surface area contributed by atoms with Gasteiger partial charge in [-0.3, -0.25) is 0 Å². The summed E-state index contributed by atoms with van der Waals surface area (Å²) >= 11 is 0. The lowest BCUT2D eigenvalue weighted by Gasteiger charge is -2.48. The van der Waals surface area contributed by atoms with Crippen molar-refractivity contribution in [2.75, 3.05) is 26.4 Å². The molecule has 0 aromatic rings. The highest BCUT2D eigenvalue weighted by Crippen LogP contribution is 2.33. The molecule has 0 saturated carbocycles. The number of aliphatic hydroxyl groups is 9. The second-order valence-electron chi connectivity index (χ2n) is 9.31. The summed E-state index contributed by atoms with van der Waals surface area (Å²) in [4.78, 5) is 0. The van der Waals surface area contributed by atoms with Crippen LogP contribution in [-0.2, 0) is 28.4 Å². The molecular formula is C21H39NO15. The molecule has 15 atom stereocenters. The van der Waals surface area contributed by atoms with Crippen molar-refractivity contribution in [3.63, 3.8) is 0 Å². The van der Waals surface area contributed by atoms with Crippen molar-refractivity contribution >= 4 is 0 Å². The van der Waals surface area contributed by atoms with E-state index in [2.05, 4.69) is 0 Å². The van der Waals surface area contributed by atoms with Gasteiger partial charge in [-0.1, -0.05) is 0 Å². The van der Waals surface area contributed by atoms with Crippen LogP contribution in [0.5, 0.6) is 0 Å². The van der Waals surface area contributed by atoms with Gasteiger partial charge in [-0.05, 0) is 19.9 Å². The summed E-state index contributed by atoms with van der Waals surface area (Å²) in [7, 11) is 0. The molecule has 3 heterocycles. The highest BCUT2D eigenvalue weighted by Gasteiger charge is 2.54. The molecule has 16 nitrogen and oxygen atoms in total. The average Bonchev–Trinajstić information content (AvgIpc) is 2.88. The summed E-state index contributed by atoms with van der Waals surface area (Å²) in [6, 6.07) is 0. The van der Waals surface area contributed by atoms with Gasteiger partial charge in [0, 0.05) is 0 Å².